The number of hydrogen-bond donors (Lipinski definition) is 1. The Morgan fingerprint density at radius 2 is 1.95 bits per heavy atom. The second-order valence-electron chi connectivity index (χ2n) is 4.23. The molecule has 100 valence electrons. The van der Waals surface area contributed by atoms with Crippen molar-refractivity contribution in [1.29, 1.82) is 0 Å². The average molecular weight is 341 g/mol. The van der Waals surface area contributed by atoms with E-state index in [0.29, 0.717) is 5.02 Å². The van der Waals surface area contributed by atoms with E-state index in [4.69, 9.17) is 16.3 Å². The first-order valence-electron chi connectivity index (χ1n) is 6.01. The van der Waals surface area contributed by atoms with E-state index in [2.05, 4.69) is 28.2 Å². The fourth-order valence-corrected chi connectivity index (χ4v) is 2.43. The Bertz CT molecular complexity index is 574. The van der Waals surface area contributed by atoms with E-state index in [1.807, 2.05) is 49.5 Å². The van der Waals surface area contributed by atoms with E-state index in [9.17, 15) is 0 Å². The highest BCUT2D eigenvalue weighted by molar-refractivity contribution is 9.10. The van der Waals surface area contributed by atoms with Gasteiger partial charge in [0, 0.05) is 11.1 Å². The van der Waals surface area contributed by atoms with Crippen LogP contribution in [-0.4, -0.2) is 7.05 Å². The van der Waals surface area contributed by atoms with E-state index >= 15 is 0 Å². The average Bonchev–Trinajstić information content (AvgIpc) is 2.41. The molecule has 0 aliphatic carbocycles. The maximum Gasteiger partial charge on any atom is 0.141 e. The fourth-order valence-electron chi connectivity index (χ4n) is 1.73. The lowest BCUT2D eigenvalue weighted by molar-refractivity contribution is 0.479. The molecule has 0 aliphatic rings. The molecule has 0 saturated carbocycles. The third-order valence-corrected chi connectivity index (χ3v) is 3.92. The highest BCUT2D eigenvalue weighted by Crippen LogP contribution is 2.32. The molecule has 0 radical (unpaired) electrons. The Morgan fingerprint density at radius 1 is 1.21 bits per heavy atom. The molecule has 2 nitrogen and oxygen atoms in total. The van der Waals surface area contributed by atoms with E-state index in [-0.39, 0.29) is 6.04 Å². The first-order chi connectivity index (χ1) is 9.11. The zero-order valence-electron chi connectivity index (χ0n) is 10.8. The van der Waals surface area contributed by atoms with E-state index in [0.717, 1.165) is 21.5 Å². The van der Waals surface area contributed by atoms with Crippen molar-refractivity contribution in [3.63, 3.8) is 0 Å². The molecule has 1 unspecified atom stereocenters. The summed E-state index contributed by atoms with van der Waals surface area (Å²) in [4.78, 5) is 0. The van der Waals surface area contributed by atoms with Gasteiger partial charge in [-0.25, -0.2) is 0 Å². The summed E-state index contributed by atoms with van der Waals surface area (Å²) in [6.07, 6.45) is 0. The predicted molar refractivity (Wildman–Crippen MR) is 83.1 cm³/mol. The summed E-state index contributed by atoms with van der Waals surface area (Å²) in [6, 6.07) is 13.7. The molecule has 4 heteroatoms. The first-order valence-corrected chi connectivity index (χ1v) is 7.18. The van der Waals surface area contributed by atoms with Gasteiger partial charge in [-0.05, 0) is 59.7 Å². The second kappa shape index (κ2) is 6.42. The summed E-state index contributed by atoms with van der Waals surface area (Å²) in [5.74, 6) is 1.50. The molecular weight excluding hydrogens is 326 g/mol. The van der Waals surface area contributed by atoms with Gasteiger partial charge in [0.15, 0.2) is 0 Å². The summed E-state index contributed by atoms with van der Waals surface area (Å²) < 4.78 is 6.72. The number of para-hydroxylation sites is 1. The van der Waals surface area contributed by atoms with Crippen molar-refractivity contribution in [2.45, 2.75) is 13.0 Å². The minimum atomic E-state index is 0.213. The molecule has 0 saturated heterocycles. The Hall–Kier alpha value is -1.03. The van der Waals surface area contributed by atoms with E-state index < -0.39 is 0 Å². The second-order valence-corrected chi connectivity index (χ2v) is 5.49. The lowest BCUT2D eigenvalue weighted by Crippen LogP contribution is -2.12. The van der Waals surface area contributed by atoms with Crippen molar-refractivity contribution >= 4 is 27.5 Å². The van der Waals surface area contributed by atoms with Crippen LogP contribution in [0.2, 0.25) is 5.02 Å². The molecule has 1 N–H and O–H groups in total. The summed E-state index contributed by atoms with van der Waals surface area (Å²) in [5, 5.41) is 3.87. The van der Waals surface area contributed by atoms with Crippen LogP contribution in [0.1, 0.15) is 18.5 Å². The van der Waals surface area contributed by atoms with Gasteiger partial charge in [-0.2, -0.15) is 0 Å². The summed E-state index contributed by atoms with van der Waals surface area (Å²) in [7, 11) is 1.91. The zero-order valence-corrected chi connectivity index (χ0v) is 13.1. The van der Waals surface area contributed by atoms with Crippen molar-refractivity contribution in [2.24, 2.45) is 0 Å². The van der Waals surface area contributed by atoms with Gasteiger partial charge in [-0.15, -0.1) is 0 Å². The maximum absolute atomic E-state index is 6.28. The van der Waals surface area contributed by atoms with Crippen LogP contribution < -0.4 is 10.1 Å². The molecule has 2 aromatic carbocycles. The molecular formula is C15H15BrClNO. The third kappa shape index (κ3) is 3.50. The number of halogens is 2. The number of hydrogen-bond acceptors (Lipinski definition) is 2. The minimum absolute atomic E-state index is 0.213. The highest BCUT2D eigenvalue weighted by atomic mass is 79.9. The predicted octanol–water partition coefficient (Wildman–Crippen LogP) is 5.18. The molecule has 2 aromatic rings. The summed E-state index contributed by atoms with van der Waals surface area (Å²) in [5.41, 5.74) is 1.06. The van der Waals surface area contributed by atoms with Crippen LogP contribution in [0.25, 0.3) is 0 Å². The Morgan fingerprint density at radius 3 is 2.58 bits per heavy atom. The molecule has 1 atom stereocenters. The number of rotatable bonds is 4. The van der Waals surface area contributed by atoms with Crippen LogP contribution >= 0.6 is 27.5 Å². The lowest BCUT2D eigenvalue weighted by Gasteiger charge is -2.14. The molecule has 2 rings (SSSR count). The van der Waals surface area contributed by atoms with Gasteiger partial charge in [-0.1, -0.05) is 29.8 Å². The monoisotopic (exact) mass is 339 g/mol. The largest absolute Gasteiger partial charge is 0.456 e. The topological polar surface area (TPSA) is 21.3 Å². The molecule has 0 amide bonds. The zero-order chi connectivity index (χ0) is 13.8. The van der Waals surface area contributed by atoms with E-state index in [1.165, 1.54) is 0 Å². The first kappa shape index (κ1) is 14.4. The Labute approximate surface area is 126 Å². The molecule has 0 spiro atoms. The molecule has 0 heterocycles. The van der Waals surface area contributed by atoms with Crippen molar-refractivity contribution < 1.29 is 4.74 Å². The smallest absolute Gasteiger partial charge is 0.141 e. The van der Waals surface area contributed by atoms with Crippen LogP contribution in [-0.2, 0) is 0 Å². The van der Waals surface area contributed by atoms with Crippen molar-refractivity contribution in [3.8, 4) is 11.5 Å². The normalized spacial score (nSPS) is 12.2. The van der Waals surface area contributed by atoms with Crippen LogP contribution in [0.5, 0.6) is 11.5 Å². The van der Waals surface area contributed by atoms with E-state index in [1.54, 1.807) is 0 Å². The van der Waals surface area contributed by atoms with Crippen molar-refractivity contribution in [1.82, 2.24) is 5.32 Å². The Kier molecular flexibility index (Phi) is 4.86. The highest BCUT2D eigenvalue weighted by Gasteiger charge is 2.09. The SMILES string of the molecule is CNC(C)c1ccc(Oc2ccccc2Br)cc1Cl. The Balaban J connectivity index is 2.24. The van der Waals surface area contributed by atoms with Crippen molar-refractivity contribution in [2.75, 3.05) is 7.05 Å². The van der Waals surface area contributed by atoms with Gasteiger partial charge in [0.05, 0.1) is 4.47 Å². The number of ether oxygens (including phenoxy) is 1. The number of benzene rings is 2. The van der Waals surface area contributed by atoms with Crippen molar-refractivity contribution in [3.05, 3.63) is 57.5 Å². The molecule has 0 fully saturated rings. The number of nitrogens with one attached hydrogen (secondary N) is 1. The van der Waals surface area contributed by atoms with Gasteiger partial charge < -0.3 is 10.1 Å². The quantitative estimate of drug-likeness (QED) is 0.828. The van der Waals surface area contributed by atoms with Crippen LogP contribution in [0.4, 0.5) is 0 Å². The third-order valence-electron chi connectivity index (χ3n) is 2.94. The summed E-state index contributed by atoms with van der Waals surface area (Å²) in [6.45, 7) is 2.07. The van der Waals surface area contributed by atoms with Crippen LogP contribution in [0.3, 0.4) is 0 Å². The molecule has 0 bridgehead atoms. The van der Waals surface area contributed by atoms with Gasteiger partial charge in [0.25, 0.3) is 0 Å². The van der Waals surface area contributed by atoms with Gasteiger partial charge in [0.1, 0.15) is 11.5 Å². The van der Waals surface area contributed by atoms with Crippen LogP contribution in [0.15, 0.2) is 46.9 Å². The standard InChI is InChI=1S/C15H15BrClNO/c1-10(18-2)12-8-7-11(9-14(12)17)19-15-6-4-3-5-13(15)16/h3-10,18H,1-2H3. The summed E-state index contributed by atoms with van der Waals surface area (Å²) >= 11 is 9.73. The minimum Gasteiger partial charge on any atom is -0.456 e. The fraction of sp³-hybridized carbons (Fsp3) is 0.200. The van der Waals surface area contributed by atoms with Crippen LogP contribution in [0, 0.1) is 0 Å². The van der Waals surface area contributed by atoms with Gasteiger partial charge >= 0.3 is 0 Å². The van der Waals surface area contributed by atoms with Gasteiger partial charge in [-0.3, -0.25) is 0 Å². The molecule has 0 aliphatic heterocycles. The molecule has 19 heavy (non-hydrogen) atoms. The lowest BCUT2D eigenvalue weighted by atomic mass is 10.1. The molecule has 0 aromatic heterocycles. The maximum atomic E-state index is 6.28. The van der Waals surface area contributed by atoms with Gasteiger partial charge in [0.2, 0.25) is 0 Å².